The molecule has 154 valence electrons. The Labute approximate surface area is 171 Å². The second kappa shape index (κ2) is 8.96. The van der Waals surface area contributed by atoms with E-state index in [1.54, 1.807) is 12.1 Å². The highest BCUT2D eigenvalue weighted by Gasteiger charge is 2.21. The Hall–Kier alpha value is -3.06. The Morgan fingerprint density at radius 2 is 1.76 bits per heavy atom. The molecule has 29 heavy (non-hydrogen) atoms. The zero-order valence-corrected chi connectivity index (χ0v) is 17.4. The van der Waals surface area contributed by atoms with Crippen molar-refractivity contribution in [2.45, 2.75) is 12.5 Å². The van der Waals surface area contributed by atoms with Crippen LogP contribution in [-0.2, 0) is 16.0 Å². The first-order valence-corrected chi connectivity index (χ1v) is 9.64. The third-order valence-electron chi connectivity index (χ3n) is 5.03. The van der Waals surface area contributed by atoms with Crippen molar-refractivity contribution in [2.75, 3.05) is 51.6 Å². The lowest BCUT2D eigenvalue weighted by Gasteiger charge is -2.25. The number of carbonyl (C=O) groups is 2. The number of anilines is 2. The van der Waals surface area contributed by atoms with Crippen molar-refractivity contribution in [1.82, 2.24) is 10.2 Å². The normalized spacial score (nSPS) is 13.4. The van der Waals surface area contributed by atoms with E-state index in [0.29, 0.717) is 18.8 Å². The number of ether oxygens (including phenoxy) is 1. The molecule has 0 saturated carbocycles. The summed E-state index contributed by atoms with van der Waals surface area (Å²) >= 11 is 0. The highest BCUT2D eigenvalue weighted by molar-refractivity contribution is 6.39. The lowest BCUT2D eigenvalue weighted by atomic mass is 10.0. The molecule has 2 aromatic rings. The van der Waals surface area contributed by atoms with Gasteiger partial charge in [0.05, 0.1) is 12.6 Å². The largest absolute Gasteiger partial charge is 0.493 e. The molecule has 2 amide bonds. The summed E-state index contributed by atoms with van der Waals surface area (Å²) in [6, 6.07) is 13.4. The van der Waals surface area contributed by atoms with Gasteiger partial charge < -0.3 is 25.2 Å². The summed E-state index contributed by atoms with van der Waals surface area (Å²) in [5, 5.41) is 5.38. The van der Waals surface area contributed by atoms with Gasteiger partial charge in [0, 0.05) is 38.4 Å². The summed E-state index contributed by atoms with van der Waals surface area (Å²) in [6.07, 6.45) is 0.894. The Bertz CT molecular complexity index is 878. The minimum Gasteiger partial charge on any atom is -0.493 e. The second-order valence-corrected chi connectivity index (χ2v) is 7.55. The quantitative estimate of drug-likeness (QED) is 0.731. The monoisotopic (exact) mass is 396 g/mol. The van der Waals surface area contributed by atoms with Crippen LogP contribution in [0.3, 0.4) is 0 Å². The topological polar surface area (TPSA) is 73.9 Å². The SMILES string of the molecule is CN(C)c1ccc(NC(=O)C(=O)NCC(c2ccc3c(c2)CCO3)N(C)C)cc1. The number of benzene rings is 2. The maximum Gasteiger partial charge on any atom is 0.313 e. The first kappa shape index (κ1) is 20.7. The van der Waals surface area contributed by atoms with Crippen LogP contribution in [0.5, 0.6) is 5.75 Å². The molecule has 0 radical (unpaired) electrons. The van der Waals surface area contributed by atoms with Crippen LogP contribution in [0.4, 0.5) is 11.4 Å². The minimum atomic E-state index is -0.678. The van der Waals surface area contributed by atoms with Crippen LogP contribution < -0.4 is 20.3 Å². The average Bonchev–Trinajstić information content (AvgIpc) is 3.16. The van der Waals surface area contributed by atoms with E-state index in [2.05, 4.69) is 16.7 Å². The fourth-order valence-corrected chi connectivity index (χ4v) is 3.31. The molecule has 0 aromatic heterocycles. The number of carbonyl (C=O) groups excluding carboxylic acids is 2. The van der Waals surface area contributed by atoms with Crippen LogP contribution in [0.1, 0.15) is 17.2 Å². The summed E-state index contributed by atoms with van der Waals surface area (Å²) in [4.78, 5) is 28.5. The van der Waals surface area contributed by atoms with Crippen LogP contribution in [0.15, 0.2) is 42.5 Å². The van der Waals surface area contributed by atoms with Crippen molar-refractivity contribution in [1.29, 1.82) is 0 Å². The van der Waals surface area contributed by atoms with Crippen molar-refractivity contribution in [3.05, 3.63) is 53.6 Å². The number of likely N-dealkylation sites (N-methyl/N-ethyl adjacent to an activating group) is 1. The third kappa shape index (κ3) is 5.06. The number of nitrogens with one attached hydrogen (secondary N) is 2. The number of hydrogen-bond donors (Lipinski definition) is 2. The van der Waals surface area contributed by atoms with Gasteiger partial charge in [0.2, 0.25) is 0 Å². The highest BCUT2D eigenvalue weighted by Crippen LogP contribution is 2.29. The summed E-state index contributed by atoms with van der Waals surface area (Å²) in [7, 11) is 7.78. The van der Waals surface area contributed by atoms with Gasteiger partial charge in [0.15, 0.2) is 0 Å². The molecule has 1 unspecified atom stereocenters. The first-order chi connectivity index (χ1) is 13.8. The molecule has 7 nitrogen and oxygen atoms in total. The summed E-state index contributed by atoms with van der Waals surface area (Å²) < 4.78 is 5.56. The first-order valence-electron chi connectivity index (χ1n) is 9.64. The van der Waals surface area contributed by atoms with Crippen LogP contribution in [0.25, 0.3) is 0 Å². The van der Waals surface area contributed by atoms with Crippen molar-refractivity contribution in [2.24, 2.45) is 0 Å². The maximum atomic E-state index is 12.3. The van der Waals surface area contributed by atoms with Gasteiger partial charge in [-0.15, -0.1) is 0 Å². The van der Waals surface area contributed by atoms with E-state index in [4.69, 9.17) is 4.74 Å². The van der Waals surface area contributed by atoms with Crippen LogP contribution >= 0.6 is 0 Å². The van der Waals surface area contributed by atoms with Gasteiger partial charge in [-0.2, -0.15) is 0 Å². The molecule has 1 heterocycles. The maximum absolute atomic E-state index is 12.3. The molecule has 0 saturated heterocycles. The van der Waals surface area contributed by atoms with Crippen LogP contribution in [0, 0.1) is 0 Å². The van der Waals surface area contributed by atoms with E-state index in [-0.39, 0.29) is 6.04 Å². The van der Waals surface area contributed by atoms with Gasteiger partial charge in [-0.05, 0) is 55.6 Å². The second-order valence-electron chi connectivity index (χ2n) is 7.55. The van der Waals surface area contributed by atoms with Crippen LogP contribution in [0.2, 0.25) is 0 Å². The van der Waals surface area contributed by atoms with Crippen molar-refractivity contribution in [3.63, 3.8) is 0 Å². The highest BCUT2D eigenvalue weighted by atomic mass is 16.5. The van der Waals surface area contributed by atoms with Gasteiger partial charge in [-0.1, -0.05) is 12.1 Å². The van der Waals surface area contributed by atoms with E-state index >= 15 is 0 Å². The standard InChI is InChI=1S/C22H28N4O3/c1-25(2)18-8-6-17(7-9-18)24-22(28)21(27)23-14-19(26(3)4)15-5-10-20-16(13-15)11-12-29-20/h5-10,13,19H,11-12,14H2,1-4H3,(H,23,27)(H,24,28). The van der Waals surface area contributed by atoms with Crippen molar-refractivity contribution >= 4 is 23.2 Å². The van der Waals surface area contributed by atoms with Gasteiger partial charge >= 0.3 is 11.8 Å². The number of amides is 2. The van der Waals surface area contributed by atoms with Gasteiger partial charge in [-0.25, -0.2) is 0 Å². The summed E-state index contributed by atoms with van der Waals surface area (Å²) in [6.45, 7) is 1.04. The van der Waals surface area contributed by atoms with Crippen molar-refractivity contribution < 1.29 is 14.3 Å². The smallest absolute Gasteiger partial charge is 0.313 e. The average molecular weight is 396 g/mol. The van der Waals surface area contributed by atoms with E-state index < -0.39 is 11.8 Å². The Morgan fingerprint density at radius 1 is 1.03 bits per heavy atom. The number of rotatable bonds is 6. The molecular weight excluding hydrogens is 368 g/mol. The van der Waals surface area contributed by atoms with E-state index in [1.807, 2.05) is 62.3 Å². The number of fused-ring (bicyclic) bond motifs is 1. The fourth-order valence-electron chi connectivity index (χ4n) is 3.31. The van der Waals surface area contributed by atoms with Gasteiger partial charge in [0.1, 0.15) is 5.75 Å². The molecule has 1 aliphatic rings. The van der Waals surface area contributed by atoms with Crippen LogP contribution in [-0.4, -0.2) is 58.1 Å². The Kier molecular flexibility index (Phi) is 6.39. The number of nitrogens with zero attached hydrogens (tertiary/aromatic N) is 2. The lowest BCUT2D eigenvalue weighted by molar-refractivity contribution is -0.136. The molecule has 2 aromatic carbocycles. The molecule has 7 heteroatoms. The molecule has 0 bridgehead atoms. The van der Waals surface area contributed by atoms with Gasteiger partial charge in [0.25, 0.3) is 0 Å². The predicted molar refractivity (Wildman–Crippen MR) is 114 cm³/mol. The van der Waals surface area contributed by atoms with Crippen molar-refractivity contribution in [3.8, 4) is 5.75 Å². The molecular formula is C22H28N4O3. The molecule has 2 N–H and O–H groups in total. The molecule has 1 aliphatic heterocycles. The minimum absolute atomic E-state index is 0.0444. The molecule has 1 atom stereocenters. The summed E-state index contributed by atoms with van der Waals surface area (Å²) in [5.74, 6) is -0.407. The molecule has 0 aliphatic carbocycles. The van der Waals surface area contributed by atoms with Gasteiger partial charge in [-0.3, -0.25) is 9.59 Å². The Balaban J connectivity index is 1.59. The number of hydrogen-bond acceptors (Lipinski definition) is 5. The van der Waals surface area contributed by atoms with E-state index in [9.17, 15) is 9.59 Å². The zero-order chi connectivity index (χ0) is 21.0. The van der Waals surface area contributed by atoms with E-state index in [0.717, 1.165) is 23.4 Å². The lowest BCUT2D eigenvalue weighted by Crippen LogP contribution is -2.40. The molecule has 3 rings (SSSR count). The third-order valence-corrected chi connectivity index (χ3v) is 5.03. The zero-order valence-electron chi connectivity index (χ0n) is 17.4. The predicted octanol–water partition coefficient (Wildman–Crippen LogP) is 2.05. The molecule has 0 spiro atoms. The fraction of sp³-hybridized carbons (Fsp3) is 0.364. The Morgan fingerprint density at radius 3 is 2.41 bits per heavy atom. The van der Waals surface area contributed by atoms with E-state index in [1.165, 1.54) is 5.56 Å². The summed E-state index contributed by atoms with van der Waals surface area (Å²) in [5.41, 5.74) is 3.86. The molecule has 0 fully saturated rings.